The molecule has 1 aliphatic heterocycles. The monoisotopic (exact) mass is 251 g/mol. The third kappa shape index (κ3) is 2.51. The number of nitrogens with zero attached hydrogens (tertiary/aromatic N) is 4. The Morgan fingerprint density at radius 3 is 2.89 bits per heavy atom. The van der Waals surface area contributed by atoms with Crippen LogP contribution >= 0.6 is 0 Å². The lowest BCUT2D eigenvalue weighted by atomic mass is 10.0. The normalized spacial score (nSPS) is 21.1. The van der Waals surface area contributed by atoms with E-state index in [9.17, 15) is 5.11 Å². The minimum Gasteiger partial charge on any atom is -0.409 e. The molecule has 7 nitrogen and oxygen atoms in total. The van der Waals surface area contributed by atoms with Crippen LogP contribution in [0.4, 0.5) is 5.82 Å². The molecule has 1 unspecified atom stereocenters. The van der Waals surface area contributed by atoms with Gasteiger partial charge in [0.1, 0.15) is 11.5 Å². The van der Waals surface area contributed by atoms with E-state index in [4.69, 9.17) is 10.9 Å². The lowest BCUT2D eigenvalue weighted by Crippen LogP contribution is -2.42. The third-order valence-electron chi connectivity index (χ3n) is 3.14. The van der Waals surface area contributed by atoms with Crippen molar-refractivity contribution in [2.24, 2.45) is 10.9 Å². The van der Waals surface area contributed by atoms with Crippen molar-refractivity contribution < 1.29 is 10.3 Å². The highest BCUT2D eigenvalue weighted by molar-refractivity contribution is 5.94. The lowest BCUT2D eigenvalue weighted by molar-refractivity contribution is 0.239. The lowest BCUT2D eigenvalue weighted by Gasteiger charge is -2.35. The molecule has 0 amide bonds. The fourth-order valence-electron chi connectivity index (χ4n) is 2.15. The molecule has 4 N–H and O–H groups in total. The standard InChI is InChI=1S/C11H17N5O2/c12-11(15-18)9-5-14-10(6-13-9)16-4-2-1-3-8(16)7-17/h5-6,8,17-18H,1-4,7H2,(H2,12,15). The predicted octanol–water partition coefficient (Wildman–Crippen LogP) is -0.0777. The zero-order valence-corrected chi connectivity index (χ0v) is 10.0. The summed E-state index contributed by atoms with van der Waals surface area (Å²) in [4.78, 5) is 10.4. The Labute approximate surface area is 105 Å². The van der Waals surface area contributed by atoms with E-state index in [1.54, 1.807) is 6.20 Å². The summed E-state index contributed by atoms with van der Waals surface area (Å²) in [7, 11) is 0. The second-order valence-electron chi connectivity index (χ2n) is 4.27. The maximum atomic E-state index is 9.34. The molecule has 98 valence electrons. The van der Waals surface area contributed by atoms with Gasteiger partial charge in [-0.3, -0.25) is 0 Å². The van der Waals surface area contributed by atoms with Gasteiger partial charge in [0, 0.05) is 6.54 Å². The van der Waals surface area contributed by atoms with Crippen molar-refractivity contribution in [2.75, 3.05) is 18.1 Å². The van der Waals surface area contributed by atoms with Crippen LogP contribution in [0.3, 0.4) is 0 Å². The van der Waals surface area contributed by atoms with Crippen LogP contribution in [-0.4, -0.2) is 45.3 Å². The maximum absolute atomic E-state index is 9.34. The van der Waals surface area contributed by atoms with Gasteiger partial charge >= 0.3 is 0 Å². The van der Waals surface area contributed by atoms with Crippen LogP contribution in [0, 0.1) is 0 Å². The fraction of sp³-hybridized carbons (Fsp3) is 0.545. The number of hydrogen-bond acceptors (Lipinski definition) is 6. The molecule has 0 aromatic carbocycles. The first kappa shape index (κ1) is 12.6. The molecule has 0 spiro atoms. The summed E-state index contributed by atoms with van der Waals surface area (Å²) in [6.45, 7) is 0.979. The van der Waals surface area contributed by atoms with Gasteiger partial charge in [-0.05, 0) is 19.3 Å². The number of nitrogens with two attached hydrogens (primary N) is 1. The van der Waals surface area contributed by atoms with Gasteiger partial charge in [-0.1, -0.05) is 5.16 Å². The molecule has 0 aliphatic carbocycles. The molecule has 18 heavy (non-hydrogen) atoms. The molecule has 1 aromatic rings. The number of rotatable bonds is 3. The minimum absolute atomic E-state index is 0.0635. The maximum Gasteiger partial charge on any atom is 0.190 e. The van der Waals surface area contributed by atoms with Crippen molar-refractivity contribution in [3.63, 3.8) is 0 Å². The number of aliphatic hydroxyl groups excluding tert-OH is 1. The summed E-state index contributed by atoms with van der Waals surface area (Å²) in [5.74, 6) is 0.648. The molecular formula is C11H17N5O2. The van der Waals surface area contributed by atoms with Gasteiger partial charge in [0.25, 0.3) is 0 Å². The van der Waals surface area contributed by atoms with E-state index in [2.05, 4.69) is 15.1 Å². The summed E-state index contributed by atoms with van der Waals surface area (Å²) in [6, 6.07) is 0.0998. The number of amidine groups is 1. The summed E-state index contributed by atoms with van der Waals surface area (Å²) < 4.78 is 0. The fourth-order valence-corrected chi connectivity index (χ4v) is 2.15. The third-order valence-corrected chi connectivity index (χ3v) is 3.14. The molecule has 1 aromatic heterocycles. The highest BCUT2D eigenvalue weighted by Gasteiger charge is 2.23. The quantitative estimate of drug-likeness (QED) is 0.300. The van der Waals surface area contributed by atoms with Gasteiger partial charge in [0.2, 0.25) is 0 Å². The molecule has 2 rings (SSSR count). The molecule has 7 heteroatoms. The van der Waals surface area contributed by atoms with E-state index >= 15 is 0 Å². The van der Waals surface area contributed by atoms with E-state index in [1.807, 2.05) is 4.90 Å². The van der Waals surface area contributed by atoms with Crippen LogP contribution in [-0.2, 0) is 0 Å². The van der Waals surface area contributed by atoms with Gasteiger partial charge in [-0.15, -0.1) is 0 Å². The van der Waals surface area contributed by atoms with Gasteiger partial charge in [0.05, 0.1) is 25.0 Å². The van der Waals surface area contributed by atoms with Crippen LogP contribution in [0.1, 0.15) is 25.0 Å². The van der Waals surface area contributed by atoms with Gasteiger partial charge in [-0.25, -0.2) is 9.97 Å². The van der Waals surface area contributed by atoms with Crippen LogP contribution in [0.25, 0.3) is 0 Å². The predicted molar refractivity (Wildman–Crippen MR) is 66.6 cm³/mol. The first-order valence-electron chi connectivity index (χ1n) is 5.93. The topological polar surface area (TPSA) is 108 Å². The molecule has 1 fully saturated rings. The van der Waals surface area contributed by atoms with Crippen molar-refractivity contribution in [3.8, 4) is 0 Å². The van der Waals surface area contributed by atoms with Crippen LogP contribution in [0.2, 0.25) is 0 Å². The van der Waals surface area contributed by atoms with E-state index in [0.717, 1.165) is 25.8 Å². The smallest absolute Gasteiger partial charge is 0.190 e. The SMILES string of the molecule is NC(=NO)c1cnc(N2CCCCC2CO)cn1. The number of piperidine rings is 1. The molecule has 0 saturated carbocycles. The largest absolute Gasteiger partial charge is 0.409 e. The second-order valence-corrected chi connectivity index (χ2v) is 4.27. The average Bonchev–Trinajstić information content (AvgIpc) is 2.46. The Balaban J connectivity index is 2.17. The summed E-state index contributed by atoms with van der Waals surface area (Å²) >= 11 is 0. The Bertz CT molecular complexity index is 420. The molecule has 1 atom stereocenters. The van der Waals surface area contributed by atoms with E-state index in [0.29, 0.717) is 11.5 Å². The Morgan fingerprint density at radius 2 is 2.28 bits per heavy atom. The van der Waals surface area contributed by atoms with Crippen molar-refractivity contribution in [2.45, 2.75) is 25.3 Å². The number of aliphatic hydroxyl groups is 1. The Kier molecular flexibility index (Phi) is 3.93. The van der Waals surface area contributed by atoms with Gasteiger partial charge < -0.3 is 20.9 Å². The molecule has 1 aliphatic rings. The first-order valence-corrected chi connectivity index (χ1v) is 5.93. The summed E-state index contributed by atoms with van der Waals surface area (Å²) in [5, 5.41) is 20.8. The molecule has 0 bridgehead atoms. The number of hydrogen-bond donors (Lipinski definition) is 3. The van der Waals surface area contributed by atoms with E-state index in [1.165, 1.54) is 6.20 Å². The Morgan fingerprint density at radius 1 is 1.44 bits per heavy atom. The van der Waals surface area contributed by atoms with Crippen molar-refractivity contribution in [1.82, 2.24) is 9.97 Å². The van der Waals surface area contributed by atoms with E-state index in [-0.39, 0.29) is 18.5 Å². The highest BCUT2D eigenvalue weighted by Crippen LogP contribution is 2.22. The van der Waals surface area contributed by atoms with Gasteiger partial charge in [-0.2, -0.15) is 0 Å². The highest BCUT2D eigenvalue weighted by atomic mass is 16.4. The Hall–Kier alpha value is -1.89. The average molecular weight is 251 g/mol. The van der Waals surface area contributed by atoms with Crippen LogP contribution in [0.15, 0.2) is 17.5 Å². The number of aromatic nitrogens is 2. The van der Waals surface area contributed by atoms with Crippen LogP contribution < -0.4 is 10.6 Å². The zero-order chi connectivity index (χ0) is 13.0. The molecule has 0 radical (unpaired) electrons. The molecule has 2 heterocycles. The first-order chi connectivity index (χ1) is 8.76. The second kappa shape index (κ2) is 5.63. The van der Waals surface area contributed by atoms with Crippen molar-refractivity contribution in [3.05, 3.63) is 18.1 Å². The van der Waals surface area contributed by atoms with Crippen molar-refractivity contribution >= 4 is 11.7 Å². The number of anilines is 1. The number of oxime groups is 1. The zero-order valence-electron chi connectivity index (χ0n) is 10.0. The molecule has 1 saturated heterocycles. The molecular weight excluding hydrogens is 234 g/mol. The summed E-state index contributed by atoms with van der Waals surface area (Å²) in [6.07, 6.45) is 6.21. The minimum atomic E-state index is -0.0635. The van der Waals surface area contributed by atoms with E-state index < -0.39 is 0 Å². The van der Waals surface area contributed by atoms with Crippen LogP contribution in [0.5, 0.6) is 0 Å². The van der Waals surface area contributed by atoms with Gasteiger partial charge in [0.15, 0.2) is 5.84 Å². The summed E-state index contributed by atoms with van der Waals surface area (Å²) in [5.41, 5.74) is 5.75. The van der Waals surface area contributed by atoms with Crippen molar-refractivity contribution in [1.29, 1.82) is 0 Å².